The normalized spacial score (nSPS) is 10.8. The van der Waals surface area contributed by atoms with Crippen LogP contribution in [-0.4, -0.2) is 18.0 Å². The van der Waals surface area contributed by atoms with Crippen molar-refractivity contribution in [3.63, 3.8) is 0 Å². The summed E-state index contributed by atoms with van der Waals surface area (Å²) in [6, 6.07) is 17.8. The molecule has 0 saturated heterocycles. The van der Waals surface area contributed by atoms with E-state index in [1.165, 1.54) is 4.88 Å². The van der Waals surface area contributed by atoms with Gasteiger partial charge in [-0.05, 0) is 25.1 Å². The minimum Gasteiger partial charge on any atom is -0.457 e. The Labute approximate surface area is 180 Å². The Hall–Kier alpha value is -2.13. The van der Waals surface area contributed by atoms with Gasteiger partial charge in [0.1, 0.15) is 16.5 Å². The number of aliphatic imine (C=N–C) groups is 1. The van der Waals surface area contributed by atoms with Gasteiger partial charge in [0, 0.05) is 30.2 Å². The summed E-state index contributed by atoms with van der Waals surface area (Å²) in [5, 5.41) is 7.65. The lowest BCUT2D eigenvalue weighted by molar-refractivity contribution is 0.475. The lowest BCUT2D eigenvalue weighted by atomic mass is 10.2. The van der Waals surface area contributed by atoms with Gasteiger partial charge in [0.2, 0.25) is 0 Å². The first-order valence-corrected chi connectivity index (χ1v) is 9.23. The van der Waals surface area contributed by atoms with Crippen molar-refractivity contribution in [3.8, 4) is 11.5 Å². The Bertz CT molecular complexity index is 867. The summed E-state index contributed by atoms with van der Waals surface area (Å²) in [7, 11) is 1.76. The fourth-order valence-corrected chi connectivity index (χ4v) is 3.13. The van der Waals surface area contributed by atoms with Crippen LogP contribution in [-0.2, 0) is 13.1 Å². The fourth-order valence-electron chi connectivity index (χ4n) is 2.41. The highest BCUT2D eigenvalue weighted by molar-refractivity contribution is 14.0. The van der Waals surface area contributed by atoms with Gasteiger partial charge in [0.05, 0.1) is 6.54 Å². The van der Waals surface area contributed by atoms with Crippen molar-refractivity contribution in [2.75, 3.05) is 7.05 Å². The van der Waals surface area contributed by atoms with Gasteiger partial charge < -0.3 is 15.4 Å². The number of guanidine groups is 1. The van der Waals surface area contributed by atoms with E-state index in [4.69, 9.17) is 4.74 Å². The molecule has 0 atom stereocenters. The number of rotatable bonds is 6. The largest absolute Gasteiger partial charge is 0.457 e. The third-order valence-corrected chi connectivity index (χ3v) is 4.60. The second-order valence-electron chi connectivity index (χ2n) is 5.67. The molecule has 2 aromatic carbocycles. The number of halogens is 1. The van der Waals surface area contributed by atoms with Gasteiger partial charge >= 0.3 is 0 Å². The van der Waals surface area contributed by atoms with E-state index in [-0.39, 0.29) is 24.0 Å². The van der Waals surface area contributed by atoms with E-state index >= 15 is 0 Å². The lowest BCUT2D eigenvalue weighted by Crippen LogP contribution is -2.36. The molecule has 0 unspecified atom stereocenters. The molecule has 0 radical (unpaired) electrons. The molecule has 3 rings (SSSR count). The second kappa shape index (κ2) is 10.9. The van der Waals surface area contributed by atoms with Crippen LogP contribution in [0.3, 0.4) is 0 Å². The van der Waals surface area contributed by atoms with Gasteiger partial charge in [-0.15, -0.1) is 35.3 Å². The molecule has 0 aliphatic carbocycles. The number of aryl methyl sites for hydroxylation is 1. The van der Waals surface area contributed by atoms with Crippen LogP contribution in [0.2, 0.25) is 0 Å². The van der Waals surface area contributed by atoms with Crippen molar-refractivity contribution in [2.45, 2.75) is 20.0 Å². The van der Waals surface area contributed by atoms with Gasteiger partial charge in [-0.25, -0.2) is 4.98 Å². The summed E-state index contributed by atoms with van der Waals surface area (Å²) in [5.41, 5.74) is 1.06. The van der Waals surface area contributed by atoms with Crippen molar-refractivity contribution < 1.29 is 4.74 Å². The molecule has 5 nitrogen and oxygen atoms in total. The molecule has 142 valence electrons. The molecule has 2 N–H and O–H groups in total. The SMILES string of the molecule is CN=C(NCc1ncc(C)s1)NCc1ccccc1Oc1ccccc1.I. The summed E-state index contributed by atoms with van der Waals surface area (Å²) >= 11 is 1.68. The lowest BCUT2D eigenvalue weighted by Gasteiger charge is -2.14. The maximum atomic E-state index is 6.00. The topological polar surface area (TPSA) is 58.5 Å². The highest BCUT2D eigenvalue weighted by Gasteiger charge is 2.06. The van der Waals surface area contributed by atoms with Crippen LogP contribution >= 0.6 is 35.3 Å². The first kappa shape index (κ1) is 21.2. The number of hydrogen-bond donors (Lipinski definition) is 2. The molecule has 0 spiro atoms. The van der Waals surface area contributed by atoms with E-state index in [9.17, 15) is 0 Å². The predicted octanol–water partition coefficient (Wildman–Crippen LogP) is 4.73. The van der Waals surface area contributed by atoms with Crippen molar-refractivity contribution >= 4 is 41.3 Å². The number of nitrogens with one attached hydrogen (secondary N) is 2. The summed E-state index contributed by atoms with van der Waals surface area (Å²) in [6.45, 7) is 3.32. The summed E-state index contributed by atoms with van der Waals surface area (Å²) in [5.74, 6) is 2.38. The molecule has 0 amide bonds. The fraction of sp³-hybridized carbons (Fsp3) is 0.200. The summed E-state index contributed by atoms with van der Waals surface area (Å²) in [4.78, 5) is 9.83. The maximum absolute atomic E-state index is 6.00. The number of nitrogens with zero attached hydrogens (tertiary/aromatic N) is 2. The average molecular weight is 494 g/mol. The summed E-state index contributed by atoms with van der Waals surface area (Å²) < 4.78 is 6.00. The third-order valence-electron chi connectivity index (χ3n) is 3.69. The molecule has 1 aromatic heterocycles. The second-order valence-corrected chi connectivity index (χ2v) is 6.99. The molecule has 0 fully saturated rings. The molecular formula is C20H23IN4OS. The minimum atomic E-state index is 0. The molecule has 0 aliphatic rings. The van der Waals surface area contributed by atoms with Gasteiger partial charge in [0.25, 0.3) is 0 Å². The summed E-state index contributed by atoms with van der Waals surface area (Å²) in [6.07, 6.45) is 1.88. The van der Waals surface area contributed by atoms with E-state index in [1.54, 1.807) is 18.4 Å². The standard InChI is InChI=1S/C20H22N4OS.HI/c1-15-12-22-19(26-15)14-24-20(21-2)23-13-16-8-6-7-11-18(16)25-17-9-4-3-5-10-17;/h3-12H,13-14H2,1-2H3,(H2,21,23,24);1H. The van der Waals surface area contributed by atoms with Gasteiger partial charge in [-0.3, -0.25) is 4.99 Å². The van der Waals surface area contributed by atoms with Gasteiger partial charge in [-0.1, -0.05) is 36.4 Å². The molecule has 3 aromatic rings. The van der Waals surface area contributed by atoms with Crippen LogP contribution in [0.5, 0.6) is 11.5 Å². The zero-order valence-corrected chi connectivity index (χ0v) is 18.5. The van der Waals surface area contributed by atoms with Crippen molar-refractivity contribution in [3.05, 3.63) is 76.2 Å². The van der Waals surface area contributed by atoms with E-state index in [1.807, 2.05) is 60.8 Å². The average Bonchev–Trinajstić information content (AvgIpc) is 3.09. The van der Waals surface area contributed by atoms with Crippen LogP contribution < -0.4 is 15.4 Å². The Kier molecular flexibility index (Phi) is 8.53. The first-order chi connectivity index (χ1) is 12.7. The monoisotopic (exact) mass is 494 g/mol. The number of thiazole rings is 1. The maximum Gasteiger partial charge on any atom is 0.191 e. The Balaban J connectivity index is 0.00000261. The zero-order chi connectivity index (χ0) is 18.2. The predicted molar refractivity (Wildman–Crippen MR) is 122 cm³/mol. The van der Waals surface area contributed by atoms with Crippen LogP contribution in [0.1, 0.15) is 15.4 Å². The quantitative estimate of drug-likeness (QED) is 0.296. The van der Waals surface area contributed by atoms with Crippen LogP contribution in [0.15, 0.2) is 65.8 Å². The molecule has 0 bridgehead atoms. The van der Waals surface area contributed by atoms with Crippen LogP contribution in [0.4, 0.5) is 0 Å². The zero-order valence-electron chi connectivity index (χ0n) is 15.3. The van der Waals surface area contributed by atoms with E-state index in [0.29, 0.717) is 13.1 Å². The number of ether oxygens (including phenoxy) is 1. The Morgan fingerprint density at radius 3 is 2.44 bits per heavy atom. The van der Waals surface area contributed by atoms with Crippen LogP contribution in [0.25, 0.3) is 0 Å². The Morgan fingerprint density at radius 1 is 1.04 bits per heavy atom. The van der Waals surface area contributed by atoms with Gasteiger partial charge in [-0.2, -0.15) is 0 Å². The molecule has 1 heterocycles. The van der Waals surface area contributed by atoms with Crippen molar-refractivity contribution in [1.82, 2.24) is 15.6 Å². The van der Waals surface area contributed by atoms with Gasteiger partial charge in [0.15, 0.2) is 5.96 Å². The molecule has 0 saturated carbocycles. The molecular weight excluding hydrogens is 471 g/mol. The molecule has 27 heavy (non-hydrogen) atoms. The molecule has 0 aliphatic heterocycles. The van der Waals surface area contributed by atoms with E-state index < -0.39 is 0 Å². The minimum absolute atomic E-state index is 0. The Morgan fingerprint density at radius 2 is 1.74 bits per heavy atom. The van der Waals surface area contributed by atoms with Crippen molar-refractivity contribution in [1.29, 1.82) is 0 Å². The third kappa shape index (κ3) is 6.51. The number of hydrogen-bond acceptors (Lipinski definition) is 4. The number of para-hydroxylation sites is 2. The number of benzene rings is 2. The van der Waals surface area contributed by atoms with E-state index in [2.05, 4.69) is 27.5 Å². The highest BCUT2D eigenvalue weighted by atomic mass is 127. The van der Waals surface area contributed by atoms with Crippen LogP contribution in [0, 0.1) is 6.92 Å². The number of aromatic nitrogens is 1. The highest BCUT2D eigenvalue weighted by Crippen LogP contribution is 2.24. The first-order valence-electron chi connectivity index (χ1n) is 8.41. The van der Waals surface area contributed by atoms with Crippen molar-refractivity contribution in [2.24, 2.45) is 4.99 Å². The smallest absolute Gasteiger partial charge is 0.191 e. The molecule has 7 heteroatoms. The van der Waals surface area contributed by atoms with E-state index in [0.717, 1.165) is 28.0 Å².